The first-order chi connectivity index (χ1) is 11.6. The molecule has 0 radical (unpaired) electrons. The van der Waals surface area contributed by atoms with E-state index in [1.54, 1.807) is 12.4 Å². The number of carbonyl (C=O) groups is 1. The van der Waals surface area contributed by atoms with Gasteiger partial charge in [-0.2, -0.15) is 0 Å². The maximum Gasteiger partial charge on any atom is 0.233 e. The number of hydrogen-bond donors (Lipinski definition) is 2. The van der Waals surface area contributed by atoms with Gasteiger partial charge in [-0.15, -0.1) is 0 Å². The summed E-state index contributed by atoms with van der Waals surface area (Å²) in [6.45, 7) is 2.27. The van der Waals surface area contributed by atoms with Gasteiger partial charge in [-0.25, -0.2) is 19.3 Å². The summed E-state index contributed by atoms with van der Waals surface area (Å²) >= 11 is 1.34. The molecule has 0 fully saturated rings. The van der Waals surface area contributed by atoms with Crippen LogP contribution in [-0.2, 0) is 11.2 Å². The molecule has 124 valence electrons. The standard InChI is InChI=1S/C16H16FN5OS/c1-10(24-16-13-14(20-8-19-13)21-9-22-16)15(23)18-6-5-11-3-2-4-12(17)7-11/h2-4,7-10H,5-6H2,1H3,(H,18,23)(H,19,20,21,22). The average molecular weight is 345 g/mol. The molecule has 3 aromatic rings. The molecule has 0 saturated heterocycles. The molecule has 0 spiro atoms. The second-order valence-corrected chi connectivity index (χ2v) is 6.54. The average Bonchev–Trinajstić information content (AvgIpc) is 3.04. The molecule has 3 rings (SSSR count). The molecule has 24 heavy (non-hydrogen) atoms. The van der Waals surface area contributed by atoms with E-state index in [-0.39, 0.29) is 17.0 Å². The molecular formula is C16H16FN5OS. The van der Waals surface area contributed by atoms with Crippen LogP contribution in [0.3, 0.4) is 0 Å². The van der Waals surface area contributed by atoms with E-state index >= 15 is 0 Å². The fraction of sp³-hybridized carbons (Fsp3) is 0.250. The number of nitrogens with zero attached hydrogens (tertiary/aromatic N) is 3. The second-order valence-electron chi connectivity index (χ2n) is 5.21. The SMILES string of the molecule is CC(Sc1ncnc2nc[nH]c12)C(=O)NCCc1cccc(F)c1. The van der Waals surface area contributed by atoms with Crippen LogP contribution in [0.1, 0.15) is 12.5 Å². The molecule has 2 heterocycles. The van der Waals surface area contributed by atoms with Gasteiger partial charge in [0, 0.05) is 6.54 Å². The quantitative estimate of drug-likeness (QED) is 0.529. The van der Waals surface area contributed by atoms with Crippen LogP contribution >= 0.6 is 11.8 Å². The van der Waals surface area contributed by atoms with Crippen LogP contribution in [0.2, 0.25) is 0 Å². The number of H-pyrrole nitrogens is 1. The molecule has 2 aromatic heterocycles. The fourth-order valence-corrected chi connectivity index (χ4v) is 3.12. The van der Waals surface area contributed by atoms with Crippen molar-refractivity contribution in [2.45, 2.75) is 23.6 Å². The lowest BCUT2D eigenvalue weighted by molar-refractivity contribution is -0.120. The van der Waals surface area contributed by atoms with E-state index in [1.165, 1.54) is 30.2 Å². The maximum atomic E-state index is 13.1. The lowest BCUT2D eigenvalue weighted by Crippen LogP contribution is -2.32. The highest BCUT2D eigenvalue weighted by Crippen LogP contribution is 2.25. The van der Waals surface area contributed by atoms with Gasteiger partial charge in [0.05, 0.1) is 11.6 Å². The van der Waals surface area contributed by atoms with Crippen molar-refractivity contribution in [1.29, 1.82) is 0 Å². The van der Waals surface area contributed by atoms with Crippen molar-refractivity contribution in [2.24, 2.45) is 0 Å². The molecule has 0 aliphatic carbocycles. The predicted octanol–water partition coefficient (Wildman–Crippen LogP) is 2.33. The molecule has 2 N–H and O–H groups in total. The number of imidazole rings is 1. The predicted molar refractivity (Wildman–Crippen MR) is 90.1 cm³/mol. The lowest BCUT2D eigenvalue weighted by atomic mass is 10.1. The van der Waals surface area contributed by atoms with Crippen LogP contribution in [0.25, 0.3) is 11.2 Å². The summed E-state index contributed by atoms with van der Waals surface area (Å²) in [6.07, 6.45) is 3.56. The number of thioether (sulfide) groups is 1. The minimum absolute atomic E-state index is 0.0947. The third kappa shape index (κ3) is 3.88. The van der Waals surface area contributed by atoms with E-state index in [1.807, 2.05) is 13.0 Å². The van der Waals surface area contributed by atoms with E-state index in [0.717, 1.165) is 11.1 Å². The third-order valence-corrected chi connectivity index (χ3v) is 4.55. The van der Waals surface area contributed by atoms with Crippen LogP contribution < -0.4 is 5.32 Å². The van der Waals surface area contributed by atoms with Crippen LogP contribution in [0.5, 0.6) is 0 Å². The molecule has 1 unspecified atom stereocenters. The normalized spacial score (nSPS) is 12.2. The van der Waals surface area contributed by atoms with Gasteiger partial charge in [-0.3, -0.25) is 4.79 Å². The van der Waals surface area contributed by atoms with E-state index in [4.69, 9.17) is 0 Å². The van der Waals surface area contributed by atoms with Gasteiger partial charge in [-0.05, 0) is 31.0 Å². The third-order valence-electron chi connectivity index (χ3n) is 3.45. The number of nitrogens with one attached hydrogen (secondary N) is 2. The zero-order valence-electron chi connectivity index (χ0n) is 13.0. The number of rotatable bonds is 6. The van der Waals surface area contributed by atoms with Crippen LogP contribution in [0.4, 0.5) is 4.39 Å². The molecule has 1 atom stereocenters. The van der Waals surface area contributed by atoms with Crippen molar-refractivity contribution in [2.75, 3.05) is 6.54 Å². The van der Waals surface area contributed by atoms with Crippen LogP contribution in [0.15, 0.2) is 41.9 Å². The summed E-state index contributed by atoms with van der Waals surface area (Å²) in [5.41, 5.74) is 2.15. The van der Waals surface area contributed by atoms with E-state index < -0.39 is 0 Å². The number of aromatic amines is 1. The largest absolute Gasteiger partial charge is 0.355 e. The molecular weight excluding hydrogens is 329 g/mol. The van der Waals surface area contributed by atoms with Crippen molar-refractivity contribution in [3.63, 3.8) is 0 Å². The molecule has 8 heteroatoms. The number of aromatic nitrogens is 4. The molecule has 1 aromatic carbocycles. The smallest absolute Gasteiger partial charge is 0.233 e. The molecule has 0 saturated carbocycles. The molecule has 1 amide bonds. The van der Waals surface area contributed by atoms with Gasteiger partial charge in [0.15, 0.2) is 5.65 Å². The Morgan fingerprint density at radius 2 is 2.25 bits per heavy atom. The molecule has 0 bridgehead atoms. The maximum absolute atomic E-state index is 13.1. The Morgan fingerprint density at radius 3 is 3.08 bits per heavy atom. The Labute approximate surface area is 142 Å². The van der Waals surface area contributed by atoms with Crippen molar-refractivity contribution < 1.29 is 9.18 Å². The first-order valence-electron chi connectivity index (χ1n) is 7.46. The number of amides is 1. The highest BCUT2D eigenvalue weighted by Gasteiger charge is 2.17. The minimum atomic E-state index is -0.320. The number of halogens is 1. The van der Waals surface area contributed by atoms with Crippen molar-refractivity contribution in [3.8, 4) is 0 Å². The van der Waals surface area contributed by atoms with Crippen molar-refractivity contribution >= 4 is 28.8 Å². The van der Waals surface area contributed by atoms with Gasteiger partial charge in [0.2, 0.25) is 5.91 Å². The van der Waals surface area contributed by atoms with Crippen molar-refractivity contribution in [1.82, 2.24) is 25.3 Å². The number of benzene rings is 1. The lowest BCUT2D eigenvalue weighted by Gasteiger charge is -2.11. The Morgan fingerprint density at radius 1 is 1.38 bits per heavy atom. The number of hydrogen-bond acceptors (Lipinski definition) is 5. The Bertz CT molecular complexity index is 853. The zero-order chi connectivity index (χ0) is 16.9. The van der Waals surface area contributed by atoms with Crippen molar-refractivity contribution in [3.05, 3.63) is 48.3 Å². The van der Waals surface area contributed by atoms with Gasteiger partial charge >= 0.3 is 0 Å². The summed E-state index contributed by atoms with van der Waals surface area (Å²) in [5, 5.41) is 3.23. The molecule has 0 aliphatic heterocycles. The topological polar surface area (TPSA) is 83.6 Å². The van der Waals surface area contributed by atoms with Gasteiger partial charge in [0.25, 0.3) is 0 Å². The van der Waals surface area contributed by atoms with Gasteiger partial charge < -0.3 is 10.3 Å². The van der Waals surface area contributed by atoms with Crippen LogP contribution in [0, 0.1) is 5.82 Å². The summed E-state index contributed by atoms with van der Waals surface area (Å²) in [4.78, 5) is 27.5. The second kappa shape index (κ2) is 7.39. The Balaban J connectivity index is 1.54. The van der Waals surface area contributed by atoms with E-state index in [0.29, 0.717) is 23.6 Å². The summed E-state index contributed by atoms with van der Waals surface area (Å²) in [7, 11) is 0. The van der Waals surface area contributed by atoms with E-state index in [2.05, 4.69) is 25.3 Å². The first-order valence-corrected chi connectivity index (χ1v) is 8.34. The van der Waals surface area contributed by atoms with Crippen LogP contribution in [-0.4, -0.2) is 37.6 Å². The summed E-state index contributed by atoms with van der Waals surface area (Å²) < 4.78 is 13.1. The zero-order valence-corrected chi connectivity index (χ0v) is 13.8. The molecule has 6 nitrogen and oxygen atoms in total. The first kappa shape index (κ1) is 16.4. The van der Waals surface area contributed by atoms with Gasteiger partial charge in [-0.1, -0.05) is 23.9 Å². The highest BCUT2D eigenvalue weighted by molar-refractivity contribution is 8.00. The minimum Gasteiger partial charge on any atom is -0.355 e. The summed E-state index contributed by atoms with van der Waals surface area (Å²) in [6, 6.07) is 6.37. The van der Waals surface area contributed by atoms with Gasteiger partial charge in [0.1, 0.15) is 22.7 Å². The molecule has 0 aliphatic rings. The summed E-state index contributed by atoms with van der Waals surface area (Å²) in [5.74, 6) is -0.363. The monoisotopic (exact) mass is 345 g/mol. The fourth-order valence-electron chi connectivity index (χ4n) is 2.22. The van der Waals surface area contributed by atoms with E-state index in [9.17, 15) is 9.18 Å². The highest BCUT2D eigenvalue weighted by atomic mass is 32.2. The number of carbonyl (C=O) groups excluding carboxylic acids is 1. The Kier molecular flexibility index (Phi) is 5.05. The Hall–Kier alpha value is -2.48. The number of fused-ring (bicyclic) bond motifs is 1.